The fourth-order valence-corrected chi connectivity index (χ4v) is 5.27. The van der Waals surface area contributed by atoms with Crippen molar-refractivity contribution in [2.75, 3.05) is 57.8 Å². The van der Waals surface area contributed by atoms with Gasteiger partial charge < -0.3 is 14.5 Å². The molecule has 1 aromatic heterocycles. The van der Waals surface area contributed by atoms with Crippen molar-refractivity contribution in [2.45, 2.75) is 32.6 Å². The Morgan fingerprint density at radius 2 is 1.89 bits per heavy atom. The smallest absolute Gasteiger partial charge is 0.224 e. The van der Waals surface area contributed by atoms with Crippen molar-refractivity contribution in [2.24, 2.45) is 0 Å². The lowest BCUT2D eigenvalue weighted by Crippen LogP contribution is -2.49. The summed E-state index contributed by atoms with van der Waals surface area (Å²) in [5, 5.41) is 0.902. The van der Waals surface area contributed by atoms with Crippen molar-refractivity contribution in [3.8, 4) is 5.75 Å². The molecule has 1 saturated heterocycles. The molecule has 0 bridgehead atoms. The van der Waals surface area contributed by atoms with E-state index in [1.54, 1.807) is 7.11 Å². The summed E-state index contributed by atoms with van der Waals surface area (Å²) in [7, 11) is 1.68. The minimum Gasteiger partial charge on any atom is -0.497 e. The molecule has 8 heteroatoms. The number of nitrogens with zero attached hydrogens (tertiary/aromatic N) is 5. The highest BCUT2D eigenvalue weighted by atomic mass is 32.1. The molecule has 0 aliphatic carbocycles. The molecule has 2 aromatic carbocycles. The number of anilines is 1. The van der Waals surface area contributed by atoms with E-state index in [-0.39, 0.29) is 5.91 Å². The van der Waals surface area contributed by atoms with E-state index in [1.165, 1.54) is 17.1 Å². The van der Waals surface area contributed by atoms with Crippen molar-refractivity contribution in [3.05, 3.63) is 77.6 Å². The number of carbonyl (C=O) groups is 1. The molecule has 2 heterocycles. The molecule has 1 aliphatic rings. The summed E-state index contributed by atoms with van der Waals surface area (Å²) < 4.78 is 9.94. The lowest BCUT2D eigenvalue weighted by molar-refractivity contribution is -0.132. The van der Waals surface area contributed by atoms with Gasteiger partial charge in [-0.3, -0.25) is 9.69 Å². The molecule has 4 rings (SSSR count). The van der Waals surface area contributed by atoms with E-state index in [4.69, 9.17) is 9.72 Å². The minimum atomic E-state index is 0.229. The number of ether oxygens (including phenoxy) is 1. The summed E-state index contributed by atoms with van der Waals surface area (Å²) >= 11 is 1.43. The van der Waals surface area contributed by atoms with Crippen LogP contribution in [0.15, 0.2) is 60.7 Å². The number of methoxy groups -OCH3 is 1. The number of rotatable bonds is 13. The topological polar surface area (TPSA) is 61.8 Å². The van der Waals surface area contributed by atoms with E-state index < -0.39 is 0 Å². The number of unbranched alkanes of at least 4 members (excludes halogenated alkanes) is 1. The molecule has 202 valence electrons. The molecule has 1 amide bonds. The molecular weight excluding hydrogens is 494 g/mol. The van der Waals surface area contributed by atoms with E-state index in [0.717, 1.165) is 74.4 Å². The first-order chi connectivity index (χ1) is 18.6. The van der Waals surface area contributed by atoms with Crippen LogP contribution in [0.3, 0.4) is 0 Å². The second-order valence-electron chi connectivity index (χ2n) is 9.61. The average Bonchev–Trinajstić information content (AvgIpc) is 3.42. The van der Waals surface area contributed by atoms with Crippen molar-refractivity contribution >= 4 is 28.6 Å². The number of benzene rings is 2. The standard InChI is InChI=1S/C30H39N5O2S/c1-3-4-17-35(30-31-28(32-38-30)24-26-12-8-14-27(23-26)37-2)18-15-29(36)34-21-19-33(20-22-34)16-9-13-25-10-6-5-7-11-25/h5-14,23H,3-4,15-22,24H2,1-2H3/b13-9+. The number of carbonyl (C=O) groups excluding carboxylic acids is 1. The Morgan fingerprint density at radius 1 is 1.08 bits per heavy atom. The fourth-order valence-electron chi connectivity index (χ4n) is 4.53. The monoisotopic (exact) mass is 533 g/mol. The number of aromatic nitrogens is 2. The van der Waals surface area contributed by atoms with Crippen molar-refractivity contribution in [1.82, 2.24) is 19.2 Å². The number of amides is 1. The lowest BCUT2D eigenvalue weighted by atomic mass is 10.1. The maximum atomic E-state index is 13.0. The predicted molar refractivity (Wildman–Crippen MR) is 156 cm³/mol. The minimum absolute atomic E-state index is 0.229. The molecule has 1 aliphatic heterocycles. The van der Waals surface area contributed by atoms with Gasteiger partial charge in [0, 0.05) is 70.2 Å². The highest BCUT2D eigenvalue weighted by Gasteiger charge is 2.22. The average molecular weight is 534 g/mol. The Labute approximate surface area is 230 Å². The van der Waals surface area contributed by atoms with Gasteiger partial charge >= 0.3 is 0 Å². The maximum absolute atomic E-state index is 13.0. The molecule has 0 spiro atoms. The zero-order valence-electron chi connectivity index (χ0n) is 22.6. The molecule has 3 aromatic rings. The van der Waals surface area contributed by atoms with Gasteiger partial charge in [0.1, 0.15) is 11.6 Å². The third-order valence-electron chi connectivity index (χ3n) is 6.80. The van der Waals surface area contributed by atoms with Gasteiger partial charge in [-0.25, -0.2) is 4.98 Å². The van der Waals surface area contributed by atoms with Crippen LogP contribution in [0.2, 0.25) is 0 Å². The highest BCUT2D eigenvalue weighted by molar-refractivity contribution is 7.09. The Hall–Kier alpha value is -3.23. The quantitative estimate of drug-likeness (QED) is 0.308. The van der Waals surface area contributed by atoms with Crippen LogP contribution < -0.4 is 9.64 Å². The van der Waals surface area contributed by atoms with Gasteiger partial charge in [-0.05, 0) is 29.7 Å². The number of hydrogen-bond acceptors (Lipinski definition) is 7. The van der Waals surface area contributed by atoms with Crippen LogP contribution >= 0.6 is 11.5 Å². The Morgan fingerprint density at radius 3 is 2.66 bits per heavy atom. The van der Waals surface area contributed by atoms with E-state index in [2.05, 4.69) is 63.6 Å². The van der Waals surface area contributed by atoms with E-state index >= 15 is 0 Å². The SMILES string of the molecule is CCCCN(CCC(=O)N1CCN(C/C=C/c2ccccc2)CC1)c1nc(Cc2cccc(OC)c2)ns1. The predicted octanol–water partition coefficient (Wildman–Crippen LogP) is 4.99. The van der Waals surface area contributed by atoms with Crippen LogP contribution in [0.5, 0.6) is 5.75 Å². The van der Waals surface area contributed by atoms with Gasteiger partial charge in [-0.1, -0.05) is 68.0 Å². The van der Waals surface area contributed by atoms with Crippen LogP contribution in [-0.4, -0.2) is 78.0 Å². The second kappa shape index (κ2) is 14.6. The zero-order chi connectivity index (χ0) is 26.6. The Kier molecular flexibility index (Phi) is 10.7. The molecular formula is C30H39N5O2S. The largest absolute Gasteiger partial charge is 0.497 e. The van der Waals surface area contributed by atoms with Gasteiger partial charge in [0.2, 0.25) is 11.0 Å². The Bertz CT molecular complexity index is 1160. The summed E-state index contributed by atoms with van der Waals surface area (Å²) in [5.74, 6) is 1.88. The maximum Gasteiger partial charge on any atom is 0.224 e. The van der Waals surface area contributed by atoms with Crippen molar-refractivity contribution < 1.29 is 9.53 Å². The van der Waals surface area contributed by atoms with Crippen LogP contribution in [-0.2, 0) is 11.2 Å². The molecule has 7 nitrogen and oxygen atoms in total. The van der Waals surface area contributed by atoms with Crippen LogP contribution in [0.4, 0.5) is 5.13 Å². The summed E-state index contributed by atoms with van der Waals surface area (Å²) in [4.78, 5) is 24.5. The molecule has 0 atom stereocenters. The molecule has 0 unspecified atom stereocenters. The highest BCUT2D eigenvalue weighted by Crippen LogP contribution is 2.22. The Balaban J connectivity index is 1.25. The van der Waals surface area contributed by atoms with E-state index in [1.807, 2.05) is 29.2 Å². The molecule has 0 radical (unpaired) electrons. The number of piperazine rings is 1. The molecule has 0 N–H and O–H groups in total. The fraction of sp³-hybridized carbons (Fsp3) is 0.433. The number of hydrogen-bond donors (Lipinski definition) is 0. The summed E-state index contributed by atoms with van der Waals surface area (Å²) in [5.41, 5.74) is 2.34. The third-order valence-corrected chi connectivity index (χ3v) is 7.61. The first kappa shape index (κ1) is 27.8. The van der Waals surface area contributed by atoms with E-state index in [0.29, 0.717) is 19.4 Å². The lowest BCUT2D eigenvalue weighted by Gasteiger charge is -2.34. The van der Waals surface area contributed by atoms with Crippen LogP contribution in [0.25, 0.3) is 6.08 Å². The van der Waals surface area contributed by atoms with Gasteiger partial charge in [0.05, 0.1) is 7.11 Å². The molecule has 38 heavy (non-hydrogen) atoms. The second-order valence-corrected chi connectivity index (χ2v) is 10.3. The first-order valence-corrected chi connectivity index (χ1v) is 14.3. The van der Waals surface area contributed by atoms with Gasteiger partial charge in [0.25, 0.3) is 0 Å². The zero-order valence-corrected chi connectivity index (χ0v) is 23.4. The van der Waals surface area contributed by atoms with Gasteiger partial charge in [0.15, 0.2) is 0 Å². The first-order valence-electron chi connectivity index (χ1n) is 13.6. The third kappa shape index (κ3) is 8.39. The van der Waals surface area contributed by atoms with Gasteiger partial charge in [-0.15, -0.1) is 0 Å². The normalized spacial score (nSPS) is 14.2. The van der Waals surface area contributed by atoms with Gasteiger partial charge in [-0.2, -0.15) is 4.37 Å². The summed E-state index contributed by atoms with van der Waals surface area (Å²) in [6.45, 7) is 8.06. The van der Waals surface area contributed by atoms with E-state index in [9.17, 15) is 4.79 Å². The van der Waals surface area contributed by atoms with Crippen molar-refractivity contribution in [1.29, 1.82) is 0 Å². The summed E-state index contributed by atoms with van der Waals surface area (Å²) in [6.07, 6.45) is 7.71. The summed E-state index contributed by atoms with van der Waals surface area (Å²) in [6, 6.07) is 18.4. The van der Waals surface area contributed by atoms with Crippen LogP contribution in [0, 0.1) is 0 Å². The van der Waals surface area contributed by atoms with Crippen molar-refractivity contribution in [3.63, 3.8) is 0 Å². The molecule has 0 saturated carbocycles. The molecule has 1 fully saturated rings. The van der Waals surface area contributed by atoms with Crippen LogP contribution in [0.1, 0.15) is 43.1 Å².